The van der Waals surface area contributed by atoms with Crippen molar-refractivity contribution in [2.24, 2.45) is 29.1 Å². The summed E-state index contributed by atoms with van der Waals surface area (Å²) < 4.78 is 35.5. The minimum atomic E-state index is -2.22. The average molecular weight is 667 g/mol. The minimum Gasteiger partial charge on any atom is -0.497 e. The van der Waals surface area contributed by atoms with Crippen LogP contribution >= 0.6 is 0 Å². The number of carbonyl (C=O) groups is 3. The fraction of sp³-hybridized carbons (Fsp3) is 0.703. The number of ketones is 1. The highest BCUT2D eigenvalue weighted by Gasteiger charge is 2.62. The number of nitrogens with zero attached hydrogens (tertiary/aromatic N) is 3. The first-order valence-electron chi connectivity index (χ1n) is 17.8. The van der Waals surface area contributed by atoms with E-state index in [9.17, 15) is 14.4 Å². The second-order valence-corrected chi connectivity index (χ2v) is 15.7. The van der Waals surface area contributed by atoms with Gasteiger partial charge in [0.25, 0.3) is 0 Å². The van der Waals surface area contributed by atoms with Crippen LogP contribution in [-0.4, -0.2) is 76.3 Å². The van der Waals surface area contributed by atoms with Gasteiger partial charge in [-0.15, -0.1) is 0 Å². The van der Waals surface area contributed by atoms with Crippen molar-refractivity contribution in [3.8, 4) is 11.6 Å². The van der Waals surface area contributed by atoms with E-state index in [1.165, 1.54) is 11.3 Å². The summed E-state index contributed by atoms with van der Waals surface area (Å²) in [4.78, 5) is 52.9. The lowest BCUT2D eigenvalue weighted by molar-refractivity contribution is -0.145. The summed E-state index contributed by atoms with van der Waals surface area (Å²) in [5.41, 5.74) is -1.15. The summed E-state index contributed by atoms with van der Waals surface area (Å²) in [6.07, 6.45) is 4.18. The number of alkyl halides is 1. The monoisotopic (exact) mass is 666 g/mol. The zero-order chi connectivity index (χ0) is 34.5. The molecule has 4 aliphatic rings. The van der Waals surface area contributed by atoms with Crippen molar-refractivity contribution in [3.05, 3.63) is 23.9 Å². The first-order valence-corrected chi connectivity index (χ1v) is 17.8. The fourth-order valence-electron chi connectivity index (χ4n) is 8.23. The summed E-state index contributed by atoms with van der Waals surface area (Å²) in [6, 6.07) is 2.96. The fourth-order valence-corrected chi connectivity index (χ4v) is 8.23. The maximum atomic E-state index is 17.6. The Morgan fingerprint density at radius 3 is 2.56 bits per heavy atom. The van der Waals surface area contributed by atoms with Crippen molar-refractivity contribution in [3.63, 3.8) is 0 Å². The van der Waals surface area contributed by atoms with Crippen molar-refractivity contribution in [2.75, 3.05) is 13.7 Å². The number of alkyl carbamates (subject to hydrolysis) is 1. The van der Waals surface area contributed by atoms with E-state index in [0.29, 0.717) is 46.7 Å². The Morgan fingerprint density at radius 1 is 1.10 bits per heavy atom. The molecule has 2 aliphatic carbocycles. The van der Waals surface area contributed by atoms with Crippen molar-refractivity contribution in [2.45, 2.75) is 123 Å². The van der Waals surface area contributed by atoms with Crippen molar-refractivity contribution in [1.29, 1.82) is 0 Å². The number of aryl methyl sites for hydroxylation is 1. The van der Waals surface area contributed by atoms with Crippen molar-refractivity contribution < 1.29 is 33.0 Å². The SMILES string of the molecule is CCC1(F)C2CN(C(=O)C(C(C)(C)C)NC(=O)OC3CC4CC4C3CCCCCc3nc4ccc(OC)cc4nc3O2)C1C(=O)C(C)C. The van der Waals surface area contributed by atoms with Crippen LogP contribution in [0.4, 0.5) is 9.18 Å². The maximum absolute atomic E-state index is 17.6. The number of benzene rings is 1. The van der Waals surface area contributed by atoms with Crippen LogP contribution < -0.4 is 14.8 Å². The van der Waals surface area contributed by atoms with Crippen LogP contribution in [0.1, 0.15) is 92.2 Å². The molecule has 3 heterocycles. The number of aromatic nitrogens is 2. The van der Waals surface area contributed by atoms with Gasteiger partial charge in [-0.3, -0.25) is 9.59 Å². The van der Waals surface area contributed by atoms with Gasteiger partial charge in [0.1, 0.15) is 29.6 Å². The van der Waals surface area contributed by atoms with Gasteiger partial charge in [0.05, 0.1) is 24.7 Å². The molecule has 10 nitrogen and oxygen atoms in total. The molecule has 1 N–H and O–H groups in total. The molecule has 1 saturated heterocycles. The molecule has 8 atom stereocenters. The van der Waals surface area contributed by atoms with E-state index >= 15 is 4.39 Å². The van der Waals surface area contributed by atoms with Crippen LogP contribution in [0.2, 0.25) is 0 Å². The number of rotatable bonds is 4. The number of amides is 2. The molecule has 262 valence electrons. The maximum Gasteiger partial charge on any atom is 0.408 e. The van der Waals surface area contributed by atoms with E-state index in [2.05, 4.69) is 5.32 Å². The largest absolute Gasteiger partial charge is 0.497 e. The summed E-state index contributed by atoms with van der Waals surface area (Å²) in [7, 11) is 1.57. The first-order chi connectivity index (χ1) is 22.7. The Bertz CT molecular complexity index is 1560. The molecule has 2 aliphatic heterocycles. The third-order valence-corrected chi connectivity index (χ3v) is 11.1. The third kappa shape index (κ3) is 6.45. The Hall–Kier alpha value is -3.50. The molecule has 1 aromatic carbocycles. The van der Waals surface area contributed by atoms with Gasteiger partial charge >= 0.3 is 6.09 Å². The number of nitrogens with one attached hydrogen (secondary N) is 1. The normalized spacial score (nSPS) is 32.7. The van der Waals surface area contributed by atoms with E-state index in [1.54, 1.807) is 33.9 Å². The second kappa shape index (κ2) is 13.1. The van der Waals surface area contributed by atoms with Gasteiger partial charge in [-0.2, -0.15) is 0 Å². The molecule has 0 radical (unpaired) electrons. The second-order valence-electron chi connectivity index (χ2n) is 15.7. The average Bonchev–Trinajstić information content (AvgIpc) is 3.63. The van der Waals surface area contributed by atoms with E-state index in [0.717, 1.165) is 32.1 Å². The van der Waals surface area contributed by atoms with E-state index in [-0.39, 0.29) is 24.9 Å². The molecule has 2 saturated carbocycles. The van der Waals surface area contributed by atoms with Gasteiger partial charge in [-0.1, -0.05) is 54.4 Å². The Kier molecular flexibility index (Phi) is 9.37. The highest BCUT2D eigenvalue weighted by atomic mass is 19.1. The Morgan fingerprint density at radius 2 is 1.88 bits per heavy atom. The van der Waals surface area contributed by atoms with Crippen LogP contribution in [0.15, 0.2) is 18.2 Å². The summed E-state index contributed by atoms with van der Waals surface area (Å²) in [5, 5.41) is 2.86. The summed E-state index contributed by atoms with van der Waals surface area (Å²) in [5.74, 6) is 0.775. The van der Waals surface area contributed by atoms with Gasteiger partial charge in [0.2, 0.25) is 11.8 Å². The topological polar surface area (TPSA) is 120 Å². The molecular weight excluding hydrogens is 615 g/mol. The first kappa shape index (κ1) is 34.4. The van der Waals surface area contributed by atoms with E-state index in [1.807, 2.05) is 32.9 Å². The molecule has 2 amide bonds. The van der Waals surface area contributed by atoms with Gasteiger partial charge < -0.3 is 24.4 Å². The van der Waals surface area contributed by atoms with Gasteiger partial charge in [-0.05, 0) is 73.8 Å². The Balaban J connectivity index is 1.43. The number of carbonyl (C=O) groups excluding carboxylic acids is 3. The molecule has 48 heavy (non-hydrogen) atoms. The number of methoxy groups -OCH3 is 1. The lowest BCUT2D eigenvalue weighted by Gasteiger charge is -2.37. The lowest BCUT2D eigenvalue weighted by Crippen LogP contribution is -2.59. The van der Waals surface area contributed by atoms with E-state index < -0.39 is 53.0 Å². The predicted molar refractivity (Wildman–Crippen MR) is 179 cm³/mol. The van der Waals surface area contributed by atoms with Crippen LogP contribution in [0, 0.1) is 29.1 Å². The molecule has 11 heteroatoms. The van der Waals surface area contributed by atoms with Gasteiger partial charge in [0.15, 0.2) is 17.6 Å². The molecule has 3 fully saturated rings. The molecule has 1 aromatic heterocycles. The molecule has 6 rings (SSSR count). The van der Waals surface area contributed by atoms with Crippen LogP contribution in [0.25, 0.3) is 11.0 Å². The zero-order valence-electron chi connectivity index (χ0n) is 29.4. The predicted octanol–water partition coefficient (Wildman–Crippen LogP) is 6.22. The highest BCUT2D eigenvalue weighted by Crippen LogP contribution is 2.57. The number of hydrogen-bond donors (Lipinski definition) is 1. The third-order valence-electron chi connectivity index (χ3n) is 11.1. The van der Waals surface area contributed by atoms with E-state index in [4.69, 9.17) is 24.2 Å². The molecule has 2 aromatic rings. The Labute approximate surface area is 282 Å². The number of halogens is 1. The van der Waals surface area contributed by atoms with Crippen molar-refractivity contribution >= 4 is 28.8 Å². The quantitative estimate of drug-likeness (QED) is 0.409. The number of Topliss-reactive ketones (excluding diaryl/α,β-unsaturated/α-hetero) is 1. The number of fused-ring (bicyclic) bond motifs is 7. The van der Waals surface area contributed by atoms with Crippen LogP contribution in [-0.2, 0) is 20.7 Å². The summed E-state index contributed by atoms with van der Waals surface area (Å²) in [6.45, 7) is 10.4. The minimum absolute atomic E-state index is 0.0736. The summed E-state index contributed by atoms with van der Waals surface area (Å²) >= 11 is 0. The molecule has 0 spiro atoms. The van der Waals surface area contributed by atoms with Crippen LogP contribution in [0.3, 0.4) is 0 Å². The number of hydrogen-bond acceptors (Lipinski definition) is 8. The standard InChI is InChI=1S/C37H51FN4O6/c1-8-37(38)29-19-42(32(37)30(43)20(2)3)34(44)31(36(4,5)6)41-35(45)47-28-17-21-16-24(21)23(28)12-10-9-11-13-26-33(48-29)40-27-18-22(46-7)14-15-25(27)39-26/h14-15,18,20-21,23-24,28-29,31-32H,8-13,16-17,19H2,1-7H3,(H,41,45). The zero-order valence-corrected chi connectivity index (χ0v) is 29.4. The smallest absolute Gasteiger partial charge is 0.408 e. The van der Waals surface area contributed by atoms with Crippen molar-refractivity contribution in [1.82, 2.24) is 20.2 Å². The van der Waals surface area contributed by atoms with Gasteiger partial charge in [0, 0.05) is 12.0 Å². The van der Waals surface area contributed by atoms with Crippen LogP contribution in [0.5, 0.6) is 11.6 Å². The lowest BCUT2D eigenvalue weighted by atomic mass is 9.83. The van der Waals surface area contributed by atoms with Gasteiger partial charge in [-0.25, -0.2) is 19.2 Å². The molecule has 8 unspecified atom stereocenters. The molecule has 2 bridgehead atoms. The highest BCUT2D eigenvalue weighted by molar-refractivity contribution is 5.95. The molecular formula is C37H51FN4O6. The number of ether oxygens (including phenoxy) is 3.